The normalized spacial score (nSPS) is 9.93. The second kappa shape index (κ2) is 5.15. The van der Waals surface area contributed by atoms with Gasteiger partial charge in [-0.1, -0.05) is 22.9 Å². The van der Waals surface area contributed by atoms with Gasteiger partial charge in [0.15, 0.2) is 5.78 Å². The van der Waals surface area contributed by atoms with Gasteiger partial charge < -0.3 is 4.74 Å². The van der Waals surface area contributed by atoms with Crippen molar-refractivity contribution in [3.63, 3.8) is 0 Å². The summed E-state index contributed by atoms with van der Waals surface area (Å²) >= 11 is 3.15. The number of benzene rings is 1. The van der Waals surface area contributed by atoms with Crippen molar-refractivity contribution in [3.05, 3.63) is 29.3 Å². The molecule has 0 radical (unpaired) electrons. The average molecular weight is 257 g/mol. The molecule has 0 aliphatic carbocycles. The van der Waals surface area contributed by atoms with E-state index in [4.69, 9.17) is 4.74 Å². The summed E-state index contributed by atoms with van der Waals surface area (Å²) < 4.78 is 5.18. The topological polar surface area (TPSA) is 26.3 Å². The number of hydrogen-bond acceptors (Lipinski definition) is 2. The van der Waals surface area contributed by atoms with E-state index in [0.29, 0.717) is 5.33 Å². The zero-order chi connectivity index (χ0) is 10.6. The lowest BCUT2D eigenvalue weighted by Crippen LogP contribution is -2.01. The Morgan fingerprint density at radius 1 is 1.50 bits per heavy atom. The Balaban J connectivity index is 3.07. The molecule has 0 aliphatic rings. The second-order valence-corrected chi connectivity index (χ2v) is 3.50. The largest absolute Gasteiger partial charge is 0.496 e. The number of alkyl halides is 1. The van der Waals surface area contributed by atoms with Crippen LogP contribution in [0.25, 0.3) is 0 Å². The average Bonchev–Trinajstić information content (AvgIpc) is 2.26. The molecule has 1 aromatic rings. The molecular weight excluding hydrogens is 244 g/mol. The van der Waals surface area contributed by atoms with E-state index in [9.17, 15) is 4.79 Å². The van der Waals surface area contributed by atoms with Crippen molar-refractivity contribution in [2.75, 3.05) is 12.4 Å². The number of ether oxygens (including phenoxy) is 1. The molecule has 76 valence electrons. The van der Waals surface area contributed by atoms with E-state index in [1.54, 1.807) is 13.2 Å². The Morgan fingerprint density at radius 3 is 2.71 bits per heavy atom. The lowest BCUT2D eigenvalue weighted by Gasteiger charge is -2.07. The van der Waals surface area contributed by atoms with Crippen molar-refractivity contribution in [2.24, 2.45) is 0 Å². The van der Waals surface area contributed by atoms with Crippen molar-refractivity contribution in [3.8, 4) is 5.75 Å². The van der Waals surface area contributed by atoms with Crippen LogP contribution in [0, 0.1) is 0 Å². The molecule has 0 bridgehead atoms. The van der Waals surface area contributed by atoms with E-state index >= 15 is 0 Å². The van der Waals surface area contributed by atoms with Crippen molar-refractivity contribution in [1.29, 1.82) is 0 Å². The standard InChI is InChI=1S/C11H13BrO2/c1-3-8-6-9(10(13)7-12)4-5-11(8)14-2/h4-6H,3,7H2,1-2H3. The summed E-state index contributed by atoms with van der Waals surface area (Å²) in [6, 6.07) is 5.53. The minimum atomic E-state index is 0.0994. The third-order valence-corrected chi connectivity index (χ3v) is 2.61. The van der Waals surface area contributed by atoms with Gasteiger partial charge >= 0.3 is 0 Å². The number of halogens is 1. The highest BCUT2D eigenvalue weighted by molar-refractivity contribution is 9.09. The van der Waals surface area contributed by atoms with Gasteiger partial charge in [-0.15, -0.1) is 0 Å². The van der Waals surface area contributed by atoms with E-state index in [0.717, 1.165) is 23.3 Å². The van der Waals surface area contributed by atoms with E-state index < -0.39 is 0 Å². The molecule has 0 fully saturated rings. The smallest absolute Gasteiger partial charge is 0.173 e. The maximum Gasteiger partial charge on any atom is 0.173 e. The van der Waals surface area contributed by atoms with Gasteiger partial charge in [0, 0.05) is 5.56 Å². The summed E-state index contributed by atoms with van der Waals surface area (Å²) in [6.45, 7) is 2.04. The summed E-state index contributed by atoms with van der Waals surface area (Å²) in [5.74, 6) is 0.945. The first-order chi connectivity index (χ1) is 6.72. The fourth-order valence-corrected chi connectivity index (χ4v) is 1.63. The van der Waals surface area contributed by atoms with Crippen LogP contribution in [0.4, 0.5) is 0 Å². The van der Waals surface area contributed by atoms with Gasteiger partial charge in [-0.3, -0.25) is 4.79 Å². The van der Waals surface area contributed by atoms with Crippen LogP contribution >= 0.6 is 15.9 Å². The molecule has 0 unspecified atom stereocenters. The molecule has 0 aliphatic heterocycles. The highest BCUT2D eigenvalue weighted by Crippen LogP contribution is 2.20. The summed E-state index contributed by atoms with van der Waals surface area (Å²) in [7, 11) is 1.64. The third kappa shape index (κ3) is 2.35. The maximum absolute atomic E-state index is 11.4. The molecular formula is C11H13BrO2. The number of Topliss-reactive ketones (excluding diaryl/α,β-unsaturated/α-hetero) is 1. The number of hydrogen-bond donors (Lipinski definition) is 0. The first-order valence-corrected chi connectivity index (χ1v) is 5.61. The van der Waals surface area contributed by atoms with Crippen LogP contribution in [0.1, 0.15) is 22.8 Å². The summed E-state index contributed by atoms with van der Waals surface area (Å²) in [4.78, 5) is 11.4. The quantitative estimate of drug-likeness (QED) is 0.612. The molecule has 0 heterocycles. The summed E-state index contributed by atoms with van der Waals surface area (Å²) in [5.41, 5.74) is 1.80. The van der Waals surface area contributed by atoms with E-state index in [1.807, 2.05) is 19.1 Å². The van der Waals surface area contributed by atoms with E-state index in [2.05, 4.69) is 15.9 Å². The number of carbonyl (C=O) groups excluding carboxylic acids is 1. The number of ketones is 1. The number of carbonyl (C=O) groups is 1. The second-order valence-electron chi connectivity index (χ2n) is 2.94. The highest BCUT2D eigenvalue weighted by Gasteiger charge is 2.07. The molecule has 2 nitrogen and oxygen atoms in total. The molecule has 0 N–H and O–H groups in total. The Labute approximate surface area is 92.4 Å². The lowest BCUT2D eigenvalue weighted by atomic mass is 10.1. The predicted octanol–water partition coefficient (Wildman–Crippen LogP) is 2.84. The number of methoxy groups -OCH3 is 1. The predicted molar refractivity (Wildman–Crippen MR) is 60.5 cm³/mol. The van der Waals surface area contributed by atoms with Crippen molar-refractivity contribution >= 4 is 21.7 Å². The van der Waals surface area contributed by atoms with Crippen LogP contribution in [-0.4, -0.2) is 18.2 Å². The summed E-state index contributed by atoms with van der Waals surface area (Å²) in [5, 5.41) is 0.364. The first-order valence-electron chi connectivity index (χ1n) is 4.49. The molecule has 0 atom stereocenters. The molecule has 0 amide bonds. The maximum atomic E-state index is 11.4. The zero-order valence-electron chi connectivity index (χ0n) is 8.34. The van der Waals surface area contributed by atoms with Gasteiger partial charge in [-0.05, 0) is 30.2 Å². The number of rotatable bonds is 4. The Morgan fingerprint density at radius 2 is 2.21 bits per heavy atom. The molecule has 3 heteroatoms. The fraction of sp³-hybridized carbons (Fsp3) is 0.364. The van der Waals surface area contributed by atoms with Crippen LogP contribution in [0.5, 0.6) is 5.75 Å². The molecule has 1 rings (SSSR count). The molecule has 1 aromatic carbocycles. The van der Waals surface area contributed by atoms with Gasteiger partial charge in [-0.25, -0.2) is 0 Å². The van der Waals surface area contributed by atoms with E-state index in [1.165, 1.54) is 0 Å². The van der Waals surface area contributed by atoms with Gasteiger partial charge in [0.25, 0.3) is 0 Å². The highest BCUT2D eigenvalue weighted by atomic mass is 79.9. The fourth-order valence-electron chi connectivity index (χ4n) is 1.31. The Hall–Kier alpha value is -0.830. The third-order valence-electron chi connectivity index (χ3n) is 2.10. The minimum absolute atomic E-state index is 0.0994. The van der Waals surface area contributed by atoms with Crippen LogP contribution in [0.2, 0.25) is 0 Å². The van der Waals surface area contributed by atoms with Crippen LogP contribution in [-0.2, 0) is 6.42 Å². The van der Waals surface area contributed by atoms with E-state index in [-0.39, 0.29) is 5.78 Å². The van der Waals surface area contributed by atoms with Crippen molar-refractivity contribution < 1.29 is 9.53 Å². The van der Waals surface area contributed by atoms with Gasteiger partial charge in [0.2, 0.25) is 0 Å². The SMILES string of the molecule is CCc1cc(C(=O)CBr)ccc1OC. The molecule has 0 saturated carbocycles. The van der Waals surface area contributed by atoms with Crippen LogP contribution < -0.4 is 4.74 Å². The van der Waals surface area contributed by atoms with Gasteiger partial charge in [0.05, 0.1) is 12.4 Å². The molecule has 0 saturated heterocycles. The van der Waals surface area contributed by atoms with Gasteiger partial charge in [-0.2, -0.15) is 0 Å². The molecule has 0 spiro atoms. The van der Waals surface area contributed by atoms with Gasteiger partial charge in [0.1, 0.15) is 5.75 Å². The van der Waals surface area contributed by atoms with Crippen LogP contribution in [0.15, 0.2) is 18.2 Å². The van der Waals surface area contributed by atoms with Crippen molar-refractivity contribution in [1.82, 2.24) is 0 Å². The molecule has 0 aromatic heterocycles. The Bertz CT molecular complexity index is 334. The van der Waals surface area contributed by atoms with Crippen LogP contribution in [0.3, 0.4) is 0 Å². The van der Waals surface area contributed by atoms with Crippen molar-refractivity contribution in [2.45, 2.75) is 13.3 Å². The lowest BCUT2D eigenvalue weighted by molar-refractivity contribution is 0.102. The monoisotopic (exact) mass is 256 g/mol. The molecule has 14 heavy (non-hydrogen) atoms. The zero-order valence-corrected chi connectivity index (χ0v) is 9.93. The first kappa shape index (κ1) is 11.2. The summed E-state index contributed by atoms with van der Waals surface area (Å²) in [6.07, 6.45) is 0.868. The Kier molecular flexibility index (Phi) is 4.14. The number of aryl methyl sites for hydroxylation is 1. The minimum Gasteiger partial charge on any atom is -0.496 e.